The summed E-state index contributed by atoms with van der Waals surface area (Å²) < 4.78 is 21.1. The predicted molar refractivity (Wildman–Crippen MR) is 68.0 cm³/mol. The van der Waals surface area contributed by atoms with E-state index in [1.54, 1.807) is 27.7 Å². The van der Waals surface area contributed by atoms with Crippen LogP contribution >= 0.6 is 0 Å². The van der Waals surface area contributed by atoms with Crippen LogP contribution in [0, 0.1) is 0 Å². The van der Waals surface area contributed by atoms with E-state index >= 15 is 0 Å². The number of rotatable bonds is 4. The van der Waals surface area contributed by atoms with Crippen LogP contribution in [-0.2, 0) is 23.7 Å². The number of hydrogen-bond acceptors (Lipinski definition) is 6. The average molecular weight is 287 g/mol. The Morgan fingerprint density at radius 3 is 2.40 bits per heavy atom. The lowest BCUT2D eigenvalue weighted by atomic mass is 10.2. The molecule has 114 valence electrons. The molecule has 0 bridgehead atoms. The van der Waals surface area contributed by atoms with Gasteiger partial charge in [0.05, 0.1) is 25.9 Å². The zero-order chi connectivity index (χ0) is 14.9. The molecule has 2 aliphatic heterocycles. The van der Waals surface area contributed by atoms with E-state index in [1.807, 2.05) is 0 Å². The van der Waals surface area contributed by atoms with E-state index in [1.165, 1.54) is 4.90 Å². The molecule has 2 aliphatic rings. The van der Waals surface area contributed by atoms with Crippen molar-refractivity contribution in [2.45, 2.75) is 51.7 Å². The minimum Gasteiger partial charge on any atom is -0.464 e. The molecule has 0 spiro atoms. The molecule has 0 aromatic heterocycles. The summed E-state index contributed by atoms with van der Waals surface area (Å²) in [5.41, 5.74) is 0. The summed E-state index contributed by atoms with van der Waals surface area (Å²) in [6.45, 7) is 7.89. The molecule has 0 aliphatic carbocycles. The van der Waals surface area contributed by atoms with E-state index in [2.05, 4.69) is 0 Å². The average Bonchev–Trinajstić information content (AvgIpc) is 3.01. The molecule has 0 N–H and O–H groups in total. The van der Waals surface area contributed by atoms with Crippen LogP contribution in [0.5, 0.6) is 0 Å². The van der Waals surface area contributed by atoms with Gasteiger partial charge in [-0.15, -0.1) is 0 Å². The van der Waals surface area contributed by atoms with Crippen LogP contribution in [-0.4, -0.2) is 60.8 Å². The van der Waals surface area contributed by atoms with Crippen molar-refractivity contribution >= 4 is 12.1 Å². The third-order valence-corrected chi connectivity index (χ3v) is 3.27. The number of esters is 1. The zero-order valence-corrected chi connectivity index (χ0v) is 12.3. The molecule has 20 heavy (non-hydrogen) atoms. The molecule has 0 aromatic carbocycles. The van der Waals surface area contributed by atoms with Gasteiger partial charge in [-0.25, -0.2) is 9.59 Å². The highest BCUT2D eigenvalue weighted by atomic mass is 16.7. The van der Waals surface area contributed by atoms with Crippen LogP contribution in [0.1, 0.15) is 27.7 Å². The second kappa shape index (κ2) is 5.57. The van der Waals surface area contributed by atoms with E-state index in [0.717, 1.165) is 0 Å². The van der Waals surface area contributed by atoms with Crippen molar-refractivity contribution in [1.29, 1.82) is 0 Å². The summed E-state index contributed by atoms with van der Waals surface area (Å²) in [7, 11) is 0. The number of nitrogens with zero attached hydrogens (tertiary/aromatic N) is 1. The zero-order valence-electron chi connectivity index (χ0n) is 12.3. The number of carbonyl (C=O) groups excluding carboxylic acids is 2. The summed E-state index contributed by atoms with van der Waals surface area (Å²) in [4.78, 5) is 25.1. The summed E-state index contributed by atoms with van der Waals surface area (Å²) in [6.07, 6.45) is -0.868. The van der Waals surface area contributed by atoms with Gasteiger partial charge in [0.25, 0.3) is 0 Å². The normalized spacial score (nSPS) is 31.0. The molecule has 0 saturated carbocycles. The first-order chi connectivity index (χ1) is 9.41. The highest BCUT2D eigenvalue weighted by molar-refractivity contribution is 5.88. The quantitative estimate of drug-likeness (QED) is 0.565. The van der Waals surface area contributed by atoms with Crippen molar-refractivity contribution in [3.05, 3.63) is 0 Å². The standard InChI is InChI=1S/C13H21NO6/c1-5-17-11(15)10-9(14(10)12(16)18-6-2)8-7-19-13(3,4)20-8/h8-10H,5-7H2,1-4H3/t8-,9+,10-,14?/m1/s1. The van der Waals surface area contributed by atoms with E-state index in [0.29, 0.717) is 6.61 Å². The Labute approximate surface area is 118 Å². The molecule has 0 radical (unpaired) electrons. The molecule has 2 rings (SSSR count). The molecular formula is C13H21NO6. The molecule has 3 atom stereocenters. The third-order valence-electron chi connectivity index (χ3n) is 3.27. The van der Waals surface area contributed by atoms with E-state index < -0.39 is 23.9 Å². The smallest absolute Gasteiger partial charge is 0.411 e. The Morgan fingerprint density at radius 1 is 1.25 bits per heavy atom. The van der Waals surface area contributed by atoms with Crippen molar-refractivity contribution in [3.8, 4) is 0 Å². The van der Waals surface area contributed by atoms with Crippen LogP contribution in [0.25, 0.3) is 0 Å². The molecular weight excluding hydrogens is 266 g/mol. The first-order valence-corrected chi connectivity index (χ1v) is 6.84. The maximum Gasteiger partial charge on any atom is 0.411 e. The van der Waals surface area contributed by atoms with Crippen molar-refractivity contribution in [2.24, 2.45) is 0 Å². The minimum absolute atomic E-state index is 0.255. The molecule has 2 fully saturated rings. The summed E-state index contributed by atoms with van der Waals surface area (Å²) in [6, 6.07) is -1.02. The van der Waals surface area contributed by atoms with Gasteiger partial charge < -0.3 is 18.9 Å². The fourth-order valence-corrected chi connectivity index (χ4v) is 2.43. The predicted octanol–water partition coefficient (Wildman–Crippen LogP) is 0.910. The number of amides is 1. The Hall–Kier alpha value is -1.34. The first kappa shape index (κ1) is 15.1. The van der Waals surface area contributed by atoms with Crippen LogP contribution < -0.4 is 0 Å². The summed E-state index contributed by atoms with van der Waals surface area (Å²) in [5, 5.41) is 0. The molecule has 0 aromatic rings. The van der Waals surface area contributed by atoms with E-state index in [4.69, 9.17) is 18.9 Å². The monoisotopic (exact) mass is 287 g/mol. The van der Waals surface area contributed by atoms with Crippen LogP contribution in [0.3, 0.4) is 0 Å². The largest absolute Gasteiger partial charge is 0.464 e. The van der Waals surface area contributed by atoms with Gasteiger partial charge in [-0.1, -0.05) is 0 Å². The van der Waals surface area contributed by atoms with Gasteiger partial charge in [-0.2, -0.15) is 0 Å². The van der Waals surface area contributed by atoms with E-state index in [9.17, 15) is 9.59 Å². The Morgan fingerprint density at radius 2 is 1.90 bits per heavy atom. The van der Waals surface area contributed by atoms with Gasteiger partial charge in [0, 0.05) is 0 Å². The maximum atomic E-state index is 11.9. The van der Waals surface area contributed by atoms with Crippen LogP contribution in [0.2, 0.25) is 0 Å². The molecule has 2 heterocycles. The lowest BCUT2D eigenvalue weighted by Gasteiger charge is -2.16. The van der Waals surface area contributed by atoms with Crippen molar-refractivity contribution in [3.63, 3.8) is 0 Å². The number of carbonyl (C=O) groups is 2. The third kappa shape index (κ3) is 2.88. The molecule has 7 nitrogen and oxygen atoms in total. The topological polar surface area (TPSA) is 74.1 Å². The van der Waals surface area contributed by atoms with Gasteiger partial charge in [-0.05, 0) is 27.7 Å². The number of ether oxygens (including phenoxy) is 4. The molecule has 0 unspecified atom stereocenters. The minimum atomic E-state index is -0.702. The SMILES string of the molecule is CCOC(=O)[C@H]1[C@H]([C@H]2COC(C)(C)O2)N1C(=O)OCC. The summed E-state index contributed by atoms with van der Waals surface area (Å²) in [5.74, 6) is -1.13. The van der Waals surface area contributed by atoms with Crippen LogP contribution in [0.15, 0.2) is 0 Å². The number of hydrogen-bond donors (Lipinski definition) is 0. The van der Waals surface area contributed by atoms with Crippen LogP contribution in [0.4, 0.5) is 4.79 Å². The Balaban J connectivity index is 2.05. The van der Waals surface area contributed by atoms with Gasteiger partial charge >= 0.3 is 12.1 Å². The van der Waals surface area contributed by atoms with Crippen molar-refractivity contribution in [2.75, 3.05) is 19.8 Å². The summed E-state index contributed by atoms with van der Waals surface area (Å²) >= 11 is 0. The second-order valence-corrected chi connectivity index (χ2v) is 5.16. The molecule has 2 saturated heterocycles. The van der Waals surface area contributed by atoms with Gasteiger partial charge in [0.15, 0.2) is 11.8 Å². The first-order valence-electron chi connectivity index (χ1n) is 6.84. The molecule has 7 heteroatoms. The van der Waals surface area contributed by atoms with Gasteiger partial charge in [0.2, 0.25) is 0 Å². The fourth-order valence-electron chi connectivity index (χ4n) is 2.43. The lowest BCUT2D eigenvalue weighted by Crippen LogP contribution is -2.28. The van der Waals surface area contributed by atoms with E-state index in [-0.39, 0.29) is 25.4 Å². The van der Waals surface area contributed by atoms with Gasteiger partial charge in [-0.3, -0.25) is 4.90 Å². The Kier molecular flexibility index (Phi) is 4.19. The lowest BCUT2D eigenvalue weighted by molar-refractivity contribution is -0.145. The van der Waals surface area contributed by atoms with Crippen molar-refractivity contribution in [1.82, 2.24) is 4.90 Å². The Bertz CT molecular complexity index is 372. The van der Waals surface area contributed by atoms with Gasteiger partial charge in [0.1, 0.15) is 6.10 Å². The van der Waals surface area contributed by atoms with Crippen molar-refractivity contribution < 1.29 is 28.5 Å². The maximum absolute atomic E-state index is 11.9. The highest BCUT2D eigenvalue weighted by Crippen LogP contribution is 2.39. The fraction of sp³-hybridized carbons (Fsp3) is 0.846. The highest BCUT2D eigenvalue weighted by Gasteiger charge is 2.63. The molecule has 1 amide bonds. The second-order valence-electron chi connectivity index (χ2n) is 5.16.